The van der Waals surface area contributed by atoms with E-state index in [1.165, 1.54) is 12.8 Å². The SMILES string of the molecule is CCCCCC(Cl)Cl.ClCCl. The second-order valence-corrected chi connectivity index (χ2v) is 4.07. The Bertz CT molecular complexity index is 56.4. The molecule has 0 aromatic rings. The summed E-state index contributed by atoms with van der Waals surface area (Å²) in [6.45, 7) is 2.16. The first kappa shape index (κ1) is 14.7. The number of alkyl halides is 4. The molecule has 0 fully saturated rings. The van der Waals surface area contributed by atoms with Crippen LogP contribution in [0, 0.1) is 0 Å². The van der Waals surface area contributed by atoms with E-state index in [-0.39, 0.29) is 10.2 Å². The highest BCUT2D eigenvalue weighted by Gasteiger charge is 1.95. The van der Waals surface area contributed by atoms with Crippen molar-refractivity contribution < 1.29 is 0 Å². The van der Waals surface area contributed by atoms with Crippen LogP contribution in [0.3, 0.4) is 0 Å². The highest BCUT2D eigenvalue weighted by atomic mass is 35.5. The van der Waals surface area contributed by atoms with Crippen LogP contribution in [0.5, 0.6) is 0 Å². The molecule has 4 heteroatoms. The fraction of sp³-hybridized carbons (Fsp3) is 1.00. The molecule has 70 valence electrons. The lowest BCUT2D eigenvalue weighted by Crippen LogP contribution is -1.84. The number of unbranched alkanes of at least 4 members (excludes halogenated alkanes) is 2. The van der Waals surface area contributed by atoms with Gasteiger partial charge in [-0.25, -0.2) is 0 Å². The maximum absolute atomic E-state index is 5.48. The zero-order valence-corrected chi connectivity index (χ0v) is 9.65. The monoisotopic (exact) mass is 238 g/mol. The maximum atomic E-state index is 5.48. The Morgan fingerprint density at radius 3 is 1.82 bits per heavy atom. The van der Waals surface area contributed by atoms with E-state index in [2.05, 4.69) is 6.92 Å². The van der Waals surface area contributed by atoms with E-state index >= 15 is 0 Å². The zero-order valence-electron chi connectivity index (χ0n) is 6.62. The predicted octanol–water partition coefficient (Wildman–Crippen LogP) is 4.79. The molecule has 0 aliphatic rings. The molecule has 0 rings (SSSR count). The van der Waals surface area contributed by atoms with Crippen molar-refractivity contribution in [1.82, 2.24) is 0 Å². The van der Waals surface area contributed by atoms with E-state index in [9.17, 15) is 0 Å². The molecule has 0 N–H and O–H groups in total. The van der Waals surface area contributed by atoms with Crippen LogP contribution in [-0.4, -0.2) is 10.2 Å². The van der Waals surface area contributed by atoms with Crippen LogP contribution in [0.25, 0.3) is 0 Å². The molecule has 0 aromatic heterocycles. The summed E-state index contributed by atoms with van der Waals surface area (Å²) in [6, 6.07) is 0. The fourth-order valence-electron chi connectivity index (χ4n) is 0.549. The lowest BCUT2D eigenvalue weighted by atomic mass is 10.2. The van der Waals surface area contributed by atoms with E-state index in [4.69, 9.17) is 46.4 Å². The van der Waals surface area contributed by atoms with Crippen molar-refractivity contribution in [3.8, 4) is 0 Å². The third-order valence-electron chi connectivity index (χ3n) is 1.03. The molecule has 0 aliphatic heterocycles. The zero-order chi connectivity index (χ0) is 9.11. The summed E-state index contributed by atoms with van der Waals surface area (Å²) in [5.41, 5.74) is 0. The standard InChI is InChI=1S/C6H12Cl2.CH2Cl2/c1-2-3-4-5-6(7)8;2-1-3/h6H,2-5H2,1H3;1H2. The van der Waals surface area contributed by atoms with Crippen LogP contribution >= 0.6 is 46.4 Å². The molecule has 0 atom stereocenters. The van der Waals surface area contributed by atoms with Gasteiger partial charge in [0.15, 0.2) is 0 Å². The minimum atomic E-state index is -0.151. The number of hydrogen-bond donors (Lipinski definition) is 0. The van der Waals surface area contributed by atoms with Gasteiger partial charge in [-0.2, -0.15) is 0 Å². The van der Waals surface area contributed by atoms with Crippen LogP contribution in [-0.2, 0) is 0 Å². The summed E-state index contributed by atoms with van der Waals surface area (Å²) >= 11 is 20.5. The van der Waals surface area contributed by atoms with Gasteiger partial charge < -0.3 is 0 Å². The van der Waals surface area contributed by atoms with E-state index < -0.39 is 0 Å². The molecule has 0 saturated carbocycles. The van der Waals surface area contributed by atoms with Crippen molar-refractivity contribution in [2.45, 2.75) is 37.4 Å². The van der Waals surface area contributed by atoms with Crippen molar-refractivity contribution >= 4 is 46.4 Å². The smallest absolute Gasteiger partial charge is 0.107 e. The molecular formula is C7H14Cl4. The molecular weight excluding hydrogens is 226 g/mol. The lowest BCUT2D eigenvalue weighted by Gasteiger charge is -1.96. The Kier molecular flexibility index (Phi) is 18.3. The number of hydrogen-bond acceptors (Lipinski definition) is 0. The Morgan fingerprint density at radius 1 is 1.09 bits per heavy atom. The van der Waals surface area contributed by atoms with Gasteiger partial charge in [-0.15, -0.1) is 46.4 Å². The maximum Gasteiger partial charge on any atom is 0.107 e. The van der Waals surface area contributed by atoms with Crippen LogP contribution in [0.4, 0.5) is 0 Å². The summed E-state index contributed by atoms with van der Waals surface area (Å²) in [7, 11) is 0. The normalized spacial score (nSPS) is 9.27. The molecule has 0 heterocycles. The third-order valence-corrected chi connectivity index (χ3v) is 1.46. The highest BCUT2D eigenvalue weighted by molar-refractivity contribution is 6.44. The molecule has 0 unspecified atom stereocenters. The fourth-order valence-corrected chi connectivity index (χ4v) is 0.857. The van der Waals surface area contributed by atoms with Crippen molar-refractivity contribution in [3.63, 3.8) is 0 Å². The Morgan fingerprint density at radius 2 is 1.55 bits per heavy atom. The van der Waals surface area contributed by atoms with Crippen LogP contribution < -0.4 is 0 Å². The number of rotatable bonds is 4. The van der Waals surface area contributed by atoms with Gasteiger partial charge in [0.25, 0.3) is 0 Å². The Hall–Kier alpha value is 1.16. The largest absolute Gasteiger partial charge is 0.109 e. The van der Waals surface area contributed by atoms with Gasteiger partial charge >= 0.3 is 0 Å². The van der Waals surface area contributed by atoms with Crippen molar-refractivity contribution in [1.29, 1.82) is 0 Å². The van der Waals surface area contributed by atoms with E-state index in [0.29, 0.717) is 0 Å². The van der Waals surface area contributed by atoms with Crippen molar-refractivity contribution in [2.75, 3.05) is 5.34 Å². The first-order chi connectivity index (χ1) is 5.18. The minimum Gasteiger partial charge on any atom is -0.109 e. The van der Waals surface area contributed by atoms with Gasteiger partial charge in [-0.3, -0.25) is 0 Å². The summed E-state index contributed by atoms with van der Waals surface area (Å²) in [5, 5.41) is 0.194. The Balaban J connectivity index is 0. The Labute approximate surface area is 89.1 Å². The summed E-state index contributed by atoms with van der Waals surface area (Å²) in [4.78, 5) is -0.151. The molecule has 0 saturated heterocycles. The van der Waals surface area contributed by atoms with Crippen molar-refractivity contribution in [2.24, 2.45) is 0 Å². The lowest BCUT2D eigenvalue weighted by molar-refractivity contribution is 0.692. The van der Waals surface area contributed by atoms with Gasteiger partial charge in [0.2, 0.25) is 0 Å². The molecule has 0 spiro atoms. The topological polar surface area (TPSA) is 0 Å². The van der Waals surface area contributed by atoms with E-state index in [1.807, 2.05) is 0 Å². The van der Waals surface area contributed by atoms with Crippen LogP contribution in [0.2, 0.25) is 0 Å². The first-order valence-electron chi connectivity index (χ1n) is 3.59. The average molecular weight is 240 g/mol. The van der Waals surface area contributed by atoms with Gasteiger partial charge in [-0.1, -0.05) is 26.2 Å². The molecule has 0 amide bonds. The van der Waals surface area contributed by atoms with Gasteiger partial charge in [-0.05, 0) is 6.42 Å². The van der Waals surface area contributed by atoms with Gasteiger partial charge in [0, 0.05) is 0 Å². The van der Waals surface area contributed by atoms with Crippen molar-refractivity contribution in [3.05, 3.63) is 0 Å². The molecule has 0 radical (unpaired) electrons. The summed E-state index contributed by atoms with van der Waals surface area (Å²) < 4.78 is 0. The van der Waals surface area contributed by atoms with E-state index in [0.717, 1.165) is 12.8 Å². The van der Waals surface area contributed by atoms with Crippen LogP contribution in [0.15, 0.2) is 0 Å². The van der Waals surface area contributed by atoms with Gasteiger partial charge in [0.1, 0.15) is 4.84 Å². The number of halogens is 4. The molecule has 11 heavy (non-hydrogen) atoms. The molecule has 0 nitrogen and oxygen atoms in total. The second kappa shape index (κ2) is 13.7. The van der Waals surface area contributed by atoms with E-state index in [1.54, 1.807) is 0 Å². The van der Waals surface area contributed by atoms with Gasteiger partial charge in [0.05, 0.1) is 5.34 Å². The minimum absolute atomic E-state index is 0.151. The average Bonchev–Trinajstić information content (AvgIpc) is 1.89. The second-order valence-electron chi connectivity index (χ2n) is 1.99. The first-order valence-corrected chi connectivity index (χ1v) is 5.53. The third kappa shape index (κ3) is 24.7. The predicted molar refractivity (Wildman–Crippen MR) is 56.2 cm³/mol. The molecule has 0 aliphatic carbocycles. The molecule has 0 bridgehead atoms. The molecule has 0 aromatic carbocycles. The summed E-state index contributed by atoms with van der Waals surface area (Å²) in [5.74, 6) is 0. The highest BCUT2D eigenvalue weighted by Crippen LogP contribution is 2.11. The quantitative estimate of drug-likeness (QED) is 0.489. The summed E-state index contributed by atoms with van der Waals surface area (Å²) in [6.07, 6.45) is 4.58. The van der Waals surface area contributed by atoms with Crippen LogP contribution in [0.1, 0.15) is 32.6 Å².